The van der Waals surface area contributed by atoms with Crippen molar-refractivity contribution in [3.8, 4) is 0 Å². The number of hydrogen-bond acceptors (Lipinski definition) is 5. The molecule has 0 saturated heterocycles. The van der Waals surface area contributed by atoms with E-state index < -0.39 is 29.9 Å². The molecule has 3 N–H and O–H groups in total. The van der Waals surface area contributed by atoms with E-state index in [1.807, 2.05) is 5.32 Å². The van der Waals surface area contributed by atoms with Crippen molar-refractivity contribution < 1.29 is 29.0 Å². The first-order valence-electron chi connectivity index (χ1n) is 4.76. The standard InChI is InChI=1S/C9H14N2O6/c1-5(8(15)17-2)10-9(16)11-6(12)3-4-7(13)14/h5H,3-4H2,1-2H3,(H,13,14)(H2,10,11,12,16). The molecular weight excluding hydrogens is 232 g/mol. The maximum Gasteiger partial charge on any atom is 0.328 e. The average molecular weight is 246 g/mol. The predicted octanol–water partition coefficient (Wildman–Crippen LogP) is -0.762. The lowest BCUT2D eigenvalue weighted by atomic mass is 10.3. The number of aliphatic carboxylic acids is 1. The van der Waals surface area contributed by atoms with Gasteiger partial charge in [-0.2, -0.15) is 0 Å². The van der Waals surface area contributed by atoms with Crippen LogP contribution in [0.4, 0.5) is 4.79 Å². The maximum absolute atomic E-state index is 11.1. The smallest absolute Gasteiger partial charge is 0.328 e. The number of methoxy groups -OCH3 is 1. The second-order valence-corrected chi connectivity index (χ2v) is 3.16. The van der Waals surface area contributed by atoms with E-state index in [-0.39, 0.29) is 12.8 Å². The third kappa shape index (κ3) is 6.88. The zero-order valence-corrected chi connectivity index (χ0v) is 9.48. The topological polar surface area (TPSA) is 122 Å². The molecule has 17 heavy (non-hydrogen) atoms. The van der Waals surface area contributed by atoms with Gasteiger partial charge in [0.15, 0.2) is 0 Å². The van der Waals surface area contributed by atoms with Crippen LogP contribution in [-0.2, 0) is 19.1 Å². The first-order valence-corrected chi connectivity index (χ1v) is 4.76. The van der Waals surface area contributed by atoms with Crippen molar-refractivity contribution in [2.75, 3.05) is 7.11 Å². The molecule has 0 fully saturated rings. The first kappa shape index (κ1) is 14.9. The molecule has 0 heterocycles. The number of carboxylic acid groups (broad SMARTS) is 1. The Labute approximate surface area is 97.3 Å². The first-order chi connectivity index (χ1) is 7.86. The monoisotopic (exact) mass is 246 g/mol. The molecule has 0 bridgehead atoms. The van der Waals surface area contributed by atoms with Gasteiger partial charge in [-0.05, 0) is 6.92 Å². The fraction of sp³-hybridized carbons (Fsp3) is 0.556. The summed E-state index contributed by atoms with van der Waals surface area (Å²) in [5.74, 6) is -2.52. The molecule has 0 radical (unpaired) electrons. The third-order valence-electron chi connectivity index (χ3n) is 1.72. The number of ether oxygens (including phenoxy) is 1. The van der Waals surface area contributed by atoms with Crippen LogP contribution in [0.25, 0.3) is 0 Å². The second kappa shape index (κ2) is 7.20. The highest BCUT2D eigenvalue weighted by Gasteiger charge is 2.17. The summed E-state index contributed by atoms with van der Waals surface area (Å²) in [5.41, 5.74) is 0. The molecule has 0 aromatic rings. The number of carbonyl (C=O) groups is 4. The van der Waals surface area contributed by atoms with Gasteiger partial charge < -0.3 is 15.2 Å². The molecule has 0 rings (SSSR count). The van der Waals surface area contributed by atoms with Crippen molar-refractivity contribution in [2.45, 2.75) is 25.8 Å². The summed E-state index contributed by atoms with van der Waals surface area (Å²) in [6.45, 7) is 1.38. The fourth-order valence-corrected chi connectivity index (χ4v) is 0.878. The second-order valence-electron chi connectivity index (χ2n) is 3.16. The summed E-state index contributed by atoms with van der Waals surface area (Å²) in [6, 6.07) is -1.77. The number of carboxylic acids is 1. The Morgan fingerprint density at radius 3 is 2.29 bits per heavy atom. The van der Waals surface area contributed by atoms with Crippen LogP contribution in [0, 0.1) is 0 Å². The number of hydrogen-bond donors (Lipinski definition) is 3. The molecule has 1 atom stereocenters. The summed E-state index contributed by atoms with van der Waals surface area (Å²) in [4.78, 5) is 43.2. The highest BCUT2D eigenvalue weighted by atomic mass is 16.5. The van der Waals surface area contributed by atoms with E-state index in [4.69, 9.17) is 5.11 Å². The van der Waals surface area contributed by atoms with Crippen LogP contribution in [0.5, 0.6) is 0 Å². The minimum Gasteiger partial charge on any atom is -0.481 e. The van der Waals surface area contributed by atoms with Gasteiger partial charge >= 0.3 is 18.0 Å². The van der Waals surface area contributed by atoms with Crippen molar-refractivity contribution in [3.63, 3.8) is 0 Å². The Balaban J connectivity index is 3.97. The van der Waals surface area contributed by atoms with Crippen LogP contribution in [-0.4, -0.2) is 42.1 Å². The van der Waals surface area contributed by atoms with Crippen molar-refractivity contribution in [3.05, 3.63) is 0 Å². The minimum absolute atomic E-state index is 0.310. The van der Waals surface area contributed by atoms with Gasteiger partial charge in [0.1, 0.15) is 6.04 Å². The largest absolute Gasteiger partial charge is 0.481 e. The van der Waals surface area contributed by atoms with Gasteiger partial charge in [-0.15, -0.1) is 0 Å². The lowest BCUT2D eigenvalue weighted by molar-refractivity contribution is -0.142. The molecule has 8 heteroatoms. The lowest BCUT2D eigenvalue weighted by Crippen LogP contribution is -2.46. The Kier molecular flexibility index (Phi) is 6.30. The summed E-state index contributed by atoms with van der Waals surface area (Å²) in [5, 5.41) is 12.3. The summed E-state index contributed by atoms with van der Waals surface area (Å²) < 4.78 is 4.35. The van der Waals surface area contributed by atoms with Gasteiger partial charge in [-0.3, -0.25) is 14.9 Å². The Morgan fingerprint density at radius 1 is 1.24 bits per heavy atom. The number of nitrogens with one attached hydrogen (secondary N) is 2. The molecule has 0 aliphatic carbocycles. The van der Waals surface area contributed by atoms with Crippen LogP contribution in [0.1, 0.15) is 19.8 Å². The van der Waals surface area contributed by atoms with Crippen LogP contribution < -0.4 is 10.6 Å². The molecule has 8 nitrogen and oxygen atoms in total. The van der Waals surface area contributed by atoms with E-state index in [1.165, 1.54) is 6.92 Å². The number of imide groups is 1. The Hall–Kier alpha value is -2.12. The molecule has 0 spiro atoms. The molecule has 0 aromatic heterocycles. The quantitative estimate of drug-likeness (QED) is 0.548. The number of esters is 1. The highest BCUT2D eigenvalue weighted by molar-refractivity contribution is 5.96. The number of carbonyl (C=O) groups excluding carboxylic acids is 3. The van der Waals surface area contributed by atoms with Gasteiger partial charge in [-0.25, -0.2) is 9.59 Å². The van der Waals surface area contributed by atoms with E-state index in [9.17, 15) is 19.2 Å². The normalized spacial score (nSPS) is 11.2. The molecular formula is C9H14N2O6. The van der Waals surface area contributed by atoms with E-state index in [1.54, 1.807) is 0 Å². The van der Waals surface area contributed by atoms with Gasteiger partial charge in [0.25, 0.3) is 0 Å². The van der Waals surface area contributed by atoms with Crippen LogP contribution in [0.3, 0.4) is 0 Å². The summed E-state index contributed by atoms with van der Waals surface area (Å²) in [6.07, 6.45) is -0.680. The van der Waals surface area contributed by atoms with E-state index in [2.05, 4.69) is 10.1 Å². The molecule has 0 aliphatic rings. The van der Waals surface area contributed by atoms with E-state index in [0.717, 1.165) is 7.11 Å². The lowest BCUT2D eigenvalue weighted by Gasteiger charge is -2.11. The fourth-order valence-electron chi connectivity index (χ4n) is 0.878. The SMILES string of the molecule is COC(=O)C(C)NC(=O)NC(=O)CCC(=O)O. The Bertz CT molecular complexity index is 327. The van der Waals surface area contributed by atoms with E-state index in [0.29, 0.717) is 0 Å². The molecule has 96 valence electrons. The van der Waals surface area contributed by atoms with Crippen molar-refractivity contribution in [1.82, 2.24) is 10.6 Å². The third-order valence-corrected chi connectivity index (χ3v) is 1.72. The van der Waals surface area contributed by atoms with E-state index >= 15 is 0 Å². The maximum atomic E-state index is 11.1. The number of urea groups is 1. The van der Waals surface area contributed by atoms with Gasteiger partial charge in [0.2, 0.25) is 5.91 Å². The minimum atomic E-state index is -1.14. The molecule has 0 aliphatic heterocycles. The number of rotatable bonds is 5. The zero-order valence-electron chi connectivity index (χ0n) is 9.48. The van der Waals surface area contributed by atoms with Crippen LogP contribution in [0.15, 0.2) is 0 Å². The van der Waals surface area contributed by atoms with Crippen LogP contribution >= 0.6 is 0 Å². The molecule has 0 aromatic carbocycles. The number of amides is 3. The molecule has 1 unspecified atom stereocenters. The molecule has 0 saturated carbocycles. The van der Waals surface area contributed by atoms with Crippen molar-refractivity contribution in [2.24, 2.45) is 0 Å². The molecule has 3 amide bonds. The van der Waals surface area contributed by atoms with Crippen LogP contribution in [0.2, 0.25) is 0 Å². The van der Waals surface area contributed by atoms with Gasteiger partial charge in [-0.1, -0.05) is 0 Å². The summed E-state index contributed by atoms with van der Waals surface area (Å²) >= 11 is 0. The van der Waals surface area contributed by atoms with Gasteiger partial charge in [0.05, 0.1) is 13.5 Å². The van der Waals surface area contributed by atoms with Crippen molar-refractivity contribution >= 4 is 23.9 Å². The predicted molar refractivity (Wildman–Crippen MR) is 55.0 cm³/mol. The van der Waals surface area contributed by atoms with Crippen molar-refractivity contribution in [1.29, 1.82) is 0 Å². The zero-order chi connectivity index (χ0) is 13.4. The van der Waals surface area contributed by atoms with Gasteiger partial charge in [0, 0.05) is 6.42 Å². The Morgan fingerprint density at radius 2 is 1.82 bits per heavy atom. The summed E-state index contributed by atoms with van der Waals surface area (Å²) in [7, 11) is 1.16. The average Bonchev–Trinajstić information content (AvgIpc) is 2.24. The highest BCUT2D eigenvalue weighted by Crippen LogP contribution is 1.89.